The van der Waals surface area contributed by atoms with Crippen molar-refractivity contribution < 1.29 is 4.74 Å². The Labute approximate surface area is 129 Å². The summed E-state index contributed by atoms with van der Waals surface area (Å²) in [6.45, 7) is 1.77. The Kier molecular flexibility index (Phi) is 3.59. The van der Waals surface area contributed by atoms with Gasteiger partial charge < -0.3 is 4.74 Å². The van der Waals surface area contributed by atoms with Gasteiger partial charge in [0.1, 0.15) is 16.7 Å². The molecule has 0 amide bonds. The molecule has 0 bridgehead atoms. The van der Waals surface area contributed by atoms with Crippen molar-refractivity contribution in [3.05, 3.63) is 57.9 Å². The van der Waals surface area contributed by atoms with Crippen molar-refractivity contribution in [1.29, 1.82) is 0 Å². The van der Waals surface area contributed by atoms with Gasteiger partial charge in [0, 0.05) is 10.5 Å². The Balaban J connectivity index is 1.96. The lowest BCUT2D eigenvalue weighted by molar-refractivity contribution is 0.460. The quantitative estimate of drug-likeness (QED) is 0.600. The van der Waals surface area contributed by atoms with E-state index in [0.717, 1.165) is 15.2 Å². The van der Waals surface area contributed by atoms with E-state index < -0.39 is 0 Å². The Morgan fingerprint density at radius 1 is 1.00 bits per heavy atom. The Bertz CT molecular complexity index is 772. The number of hydrogen-bond acceptors (Lipinski definition) is 3. The van der Waals surface area contributed by atoms with Gasteiger partial charge in [0.05, 0.1) is 0 Å². The number of rotatable bonds is 2. The van der Waals surface area contributed by atoms with Gasteiger partial charge in [-0.2, -0.15) is 4.98 Å². The zero-order valence-electron chi connectivity index (χ0n) is 10.6. The fraction of sp³-hybridized carbons (Fsp3) is 0.0667. The standard InChI is InChI=1S/C15H10BrClN2O/c1-9-18-14(17)8-15(19-9)20-13-5-3-10-6-12(16)4-2-11(10)7-13/h2-8H,1H3. The molecule has 3 rings (SSSR count). The maximum atomic E-state index is 5.89. The monoisotopic (exact) mass is 348 g/mol. The number of fused-ring (bicyclic) bond motifs is 1. The normalized spacial score (nSPS) is 10.8. The second-order valence-electron chi connectivity index (χ2n) is 4.33. The van der Waals surface area contributed by atoms with Gasteiger partial charge >= 0.3 is 0 Å². The molecule has 2 aromatic carbocycles. The zero-order valence-corrected chi connectivity index (χ0v) is 12.9. The fourth-order valence-electron chi connectivity index (χ4n) is 1.94. The second kappa shape index (κ2) is 5.38. The van der Waals surface area contributed by atoms with Crippen molar-refractivity contribution in [2.24, 2.45) is 0 Å². The largest absolute Gasteiger partial charge is 0.439 e. The molecule has 20 heavy (non-hydrogen) atoms. The average molecular weight is 350 g/mol. The molecule has 1 heterocycles. The molecule has 0 unspecified atom stereocenters. The van der Waals surface area contributed by atoms with Crippen LogP contribution in [-0.2, 0) is 0 Å². The highest BCUT2D eigenvalue weighted by molar-refractivity contribution is 9.10. The first-order chi connectivity index (χ1) is 9.60. The van der Waals surface area contributed by atoms with Crippen molar-refractivity contribution in [3.8, 4) is 11.6 Å². The molecule has 0 aliphatic heterocycles. The van der Waals surface area contributed by atoms with Crippen LogP contribution in [0.2, 0.25) is 5.15 Å². The summed E-state index contributed by atoms with van der Waals surface area (Å²) in [5, 5.41) is 2.61. The minimum absolute atomic E-state index is 0.372. The molecule has 3 aromatic rings. The van der Waals surface area contributed by atoms with Crippen LogP contribution in [0.5, 0.6) is 11.6 Å². The highest BCUT2D eigenvalue weighted by Gasteiger charge is 2.04. The first kappa shape index (κ1) is 13.3. The van der Waals surface area contributed by atoms with Crippen LogP contribution in [0, 0.1) is 6.92 Å². The Morgan fingerprint density at radius 3 is 2.55 bits per heavy atom. The summed E-state index contributed by atoms with van der Waals surface area (Å²) in [5.41, 5.74) is 0. The van der Waals surface area contributed by atoms with Crippen molar-refractivity contribution >= 4 is 38.3 Å². The minimum atomic E-state index is 0.372. The predicted molar refractivity (Wildman–Crippen MR) is 83.5 cm³/mol. The molecule has 0 fully saturated rings. The molecule has 0 saturated heterocycles. The van der Waals surface area contributed by atoms with Crippen molar-refractivity contribution in [1.82, 2.24) is 9.97 Å². The minimum Gasteiger partial charge on any atom is -0.439 e. The van der Waals surface area contributed by atoms with Gasteiger partial charge in [-0.3, -0.25) is 0 Å². The molecule has 100 valence electrons. The first-order valence-electron chi connectivity index (χ1n) is 5.98. The summed E-state index contributed by atoms with van der Waals surface area (Å²) < 4.78 is 6.78. The predicted octanol–water partition coefficient (Wildman–Crippen LogP) is 5.15. The SMILES string of the molecule is Cc1nc(Cl)cc(Oc2ccc3cc(Br)ccc3c2)n1. The van der Waals surface area contributed by atoms with Crippen LogP contribution in [0.25, 0.3) is 10.8 Å². The van der Waals surface area contributed by atoms with Gasteiger partial charge in [-0.1, -0.05) is 39.7 Å². The molecule has 3 nitrogen and oxygen atoms in total. The molecular weight excluding hydrogens is 340 g/mol. The number of ether oxygens (including phenoxy) is 1. The first-order valence-corrected chi connectivity index (χ1v) is 7.16. The number of hydrogen-bond donors (Lipinski definition) is 0. The topological polar surface area (TPSA) is 35.0 Å². The molecule has 1 aromatic heterocycles. The van der Waals surface area contributed by atoms with Gasteiger partial charge in [0.2, 0.25) is 5.88 Å². The molecule has 0 spiro atoms. The Hall–Kier alpha value is -1.65. The van der Waals surface area contributed by atoms with Crippen molar-refractivity contribution in [2.75, 3.05) is 0 Å². The van der Waals surface area contributed by atoms with Crippen LogP contribution in [-0.4, -0.2) is 9.97 Å². The van der Waals surface area contributed by atoms with E-state index in [0.29, 0.717) is 22.6 Å². The third-order valence-corrected chi connectivity index (χ3v) is 3.47. The highest BCUT2D eigenvalue weighted by atomic mass is 79.9. The van der Waals surface area contributed by atoms with Crippen LogP contribution in [0.3, 0.4) is 0 Å². The third kappa shape index (κ3) is 2.92. The van der Waals surface area contributed by atoms with E-state index in [1.807, 2.05) is 30.3 Å². The van der Waals surface area contributed by atoms with Crippen LogP contribution < -0.4 is 4.74 Å². The zero-order chi connectivity index (χ0) is 14.1. The molecular formula is C15H10BrClN2O. The molecule has 0 aliphatic rings. The number of nitrogens with zero attached hydrogens (tertiary/aromatic N) is 2. The Morgan fingerprint density at radius 2 is 1.75 bits per heavy atom. The van der Waals surface area contributed by atoms with Gasteiger partial charge in [0.15, 0.2) is 0 Å². The summed E-state index contributed by atoms with van der Waals surface area (Å²) in [7, 11) is 0. The summed E-state index contributed by atoms with van der Waals surface area (Å²) in [5.74, 6) is 1.74. The number of halogens is 2. The van der Waals surface area contributed by atoms with Crippen LogP contribution in [0.4, 0.5) is 0 Å². The van der Waals surface area contributed by atoms with E-state index in [2.05, 4.69) is 32.0 Å². The van der Waals surface area contributed by atoms with E-state index in [9.17, 15) is 0 Å². The molecule has 0 atom stereocenters. The van der Waals surface area contributed by atoms with Crippen molar-refractivity contribution in [3.63, 3.8) is 0 Å². The maximum Gasteiger partial charge on any atom is 0.224 e. The van der Waals surface area contributed by atoms with Crippen LogP contribution >= 0.6 is 27.5 Å². The van der Waals surface area contributed by atoms with Crippen LogP contribution in [0.1, 0.15) is 5.82 Å². The second-order valence-corrected chi connectivity index (χ2v) is 5.63. The molecule has 0 N–H and O–H groups in total. The lowest BCUT2D eigenvalue weighted by Crippen LogP contribution is -1.93. The average Bonchev–Trinajstić information content (AvgIpc) is 2.38. The molecule has 0 radical (unpaired) electrons. The van der Waals surface area contributed by atoms with E-state index in [1.165, 1.54) is 0 Å². The summed E-state index contributed by atoms with van der Waals surface area (Å²) in [6, 6.07) is 13.6. The highest BCUT2D eigenvalue weighted by Crippen LogP contribution is 2.27. The number of benzene rings is 2. The summed E-state index contributed by atoms with van der Waals surface area (Å²) in [6.07, 6.45) is 0. The van der Waals surface area contributed by atoms with E-state index in [-0.39, 0.29) is 0 Å². The van der Waals surface area contributed by atoms with Gasteiger partial charge in [0.25, 0.3) is 0 Å². The number of aryl methyl sites for hydroxylation is 1. The molecule has 0 saturated carbocycles. The summed E-state index contributed by atoms with van der Waals surface area (Å²) >= 11 is 9.35. The number of aromatic nitrogens is 2. The molecule has 5 heteroatoms. The maximum absolute atomic E-state index is 5.89. The van der Waals surface area contributed by atoms with E-state index in [4.69, 9.17) is 16.3 Å². The fourth-order valence-corrected chi connectivity index (χ4v) is 2.53. The molecule has 0 aliphatic carbocycles. The lowest BCUT2D eigenvalue weighted by atomic mass is 10.1. The van der Waals surface area contributed by atoms with E-state index >= 15 is 0 Å². The smallest absolute Gasteiger partial charge is 0.224 e. The van der Waals surface area contributed by atoms with Gasteiger partial charge in [-0.25, -0.2) is 4.98 Å². The van der Waals surface area contributed by atoms with Crippen LogP contribution in [0.15, 0.2) is 46.9 Å². The van der Waals surface area contributed by atoms with Gasteiger partial charge in [-0.15, -0.1) is 0 Å². The summed E-state index contributed by atoms with van der Waals surface area (Å²) in [4.78, 5) is 8.20. The third-order valence-electron chi connectivity index (χ3n) is 2.78. The lowest BCUT2D eigenvalue weighted by Gasteiger charge is -2.07. The van der Waals surface area contributed by atoms with Crippen molar-refractivity contribution in [2.45, 2.75) is 6.92 Å². The van der Waals surface area contributed by atoms with E-state index in [1.54, 1.807) is 13.0 Å². The van der Waals surface area contributed by atoms with Gasteiger partial charge in [-0.05, 0) is 42.0 Å².